The van der Waals surface area contributed by atoms with Crippen LogP contribution in [0.2, 0.25) is 0 Å². The van der Waals surface area contributed by atoms with Crippen molar-refractivity contribution in [2.24, 2.45) is 0 Å². The van der Waals surface area contributed by atoms with E-state index in [0.717, 1.165) is 67.1 Å². The van der Waals surface area contributed by atoms with Gasteiger partial charge in [-0.05, 0) is 91.2 Å². The molecule has 0 aliphatic carbocycles. The van der Waals surface area contributed by atoms with E-state index in [1.165, 1.54) is 27.8 Å². The summed E-state index contributed by atoms with van der Waals surface area (Å²) in [6.45, 7) is 27.6. The molecule has 6 heteroatoms. The molecule has 0 unspecified atom stereocenters. The van der Waals surface area contributed by atoms with E-state index in [1.807, 2.05) is 12.3 Å². The SMILES string of the molecule is CC(C)(C)c1ccnc(-n2c3[c-]c(Oc4[c-]c(-n5[c-][n+](-c6cc(-c7ccccc7)cc(C(C)(C)c7ccccc7)c6)c(C(C)(C)c6ccccc6)c5C(C)(C)c5ccccc5)ccc4)cc(C(C)(C)C)c3c3ccccc32)c1.[Pt]. The first-order valence-electron chi connectivity index (χ1n) is 27.4. The second-order valence-corrected chi connectivity index (χ2v) is 24.6. The van der Waals surface area contributed by atoms with Crippen molar-refractivity contribution in [2.45, 2.75) is 110 Å². The molecular formula is C73H70N4OPt-2. The summed E-state index contributed by atoms with van der Waals surface area (Å²) in [4.78, 5) is 5.00. The van der Waals surface area contributed by atoms with Gasteiger partial charge in [-0.25, -0.2) is 4.98 Å². The van der Waals surface area contributed by atoms with Gasteiger partial charge in [-0.15, -0.1) is 29.8 Å². The molecule has 11 aromatic rings. The Morgan fingerprint density at radius 2 is 1.05 bits per heavy atom. The summed E-state index contributed by atoms with van der Waals surface area (Å²) in [6.07, 6.45) is 5.98. The number of ether oxygens (including phenoxy) is 1. The molecule has 0 N–H and O–H groups in total. The quantitative estimate of drug-likeness (QED) is 0.0903. The van der Waals surface area contributed by atoms with Crippen molar-refractivity contribution in [2.75, 3.05) is 0 Å². The third-order valence-corrected chi connectivity index (χ3v) is 16.1. The number of para-hydroxylation sites is 1. The minimum absolute atomic E-state index is 0. The van der Waals surface area contributed by atoms with E-state index >= 15 is 0 Å². The molecule has 0 radical (unpaired) electrons. The van der Waals surface area contributed by atoms with Gasteiger partial charge in [0.25, 0.3) is 6.33 Å². The second kappa shape index (κ2) is 20.9. The Labute approximate surface area is 482 Å². The van der Waals surface area contributed by atoms with Crippen molar-refractivity contribution in [1.29, 1.82) is 0 Å². The largest absolute Gasteiger partial charge is 0.510 e. The van der Waals surface area contributed by atoms with E-state index in [1.54, 1.807) is 0 Å². The van der Waals surface area contributed by atoms with Gasteiger partial charge in [0, 0.05) is 60.5 Å². The van der Waals surface area contributed by atoms with Crippen LogP contribution in [0.25, 0.3) is 50.1 Å². The molecule has 0 saturated heterocycles. The molecule has 3 aromatic heterocycles. The maximum Gasteiger partial charge on any atom is 0.267 e. The Morgan fingerprint density at radius 3 is 1.67 bits per heavy atom. The number of hydrogen-bond donors (Lipinski definition) is 0. The van der Waals surface area contributed by atoms with Gasteiger partial charge in [0.2, 0.25) is 0 Å². The van der Waals surface area contributed by atoms with Crippen LogP contribution in [0.15, 0.2) is 206 Å². The molecule has 3 heterocycles. The zero-order valence-corrected chi connectivity index (χ0v) is 49.9. The fourth-order valence-corrected chi connectivity index (χ4v) is 11.5. The van der Waals surface area contributed by atoms with Gasteiger partial charge in [0.1, 0.15) is 5.82 Å². The first-order valence-corrected chi connectivity index (χ1v) is 27.4. The van der Waals surface area contributed by atoms with Gasteiger partial charge in [-0.2, -0.15) is 12.1 Å². The van der Waals surface area contributed by atoms with Crippen molar-refractivity contribution in [3.63, 3.8) is 0 Å². The van der Waals surface area contributed by atoms with E-state index in [0.29, 0.717) is 11.5 Å². The summed E-state index contributed by atoms with van der Waals surface area (Å²) < 4.78 is 13.9. The van der Waals surface area contributed by atoms with Crippen LogP contribution in [0.4, 0.5) is 0 Å². The van der Waals surface area contributed by atoms with Gasteiger partial charge in [-0.1, -0.05) is 240 Å². The molecule has 0 aliphatic rings. The molecule has 8 aromatic carbocycles. The normalized spacial score (nSPS) is 12.5. The van der Waals surface area contributed by atoms with Gasteiger partial charge in [-0.3, -0.25) is 4.57 Å². The Morgan fingerprint density at radius 1 is 0.468 bits per heavy atom. The molecule has 0 spiro atoms. The summed E-state index contributed by atoms with van der Waals surface area (Å²) in [6, 6.07) is 79.4. The topological polar surface area (TPSA) is 35.9 Å². The monoisotopic (exact) mass is 1210 g/mol. The molecule has 0 aliphatic heterocycles. The Hall–Kier alpha value is -7.59. The van der Waals surface area contributed by atoms with Gasteiger partial charge in [0.15, 0.2) is 0 Å². The van der Waals surface area contributed by atoms with Crippen LogP contribution < -0.4 is 9.30 Å². The standard InChI is InChI=1S/C73H70N4O.Pt/c1-69(2,3)55-40-41-74-65(45-55)77-63-39-26-25-38-61(63)66-62(70(4,5)6)47-60(48-64(66)77)78-59-37-27-36-57(46-59)75-49-76(68(73(11,12)54-34-23-16-24-35-54)67(75)72(9,10)53-32-21-15-22-33-53)58-43-51(50-28-17-13-18-29-50)42-56(44-58)71(7,8)52-30-19-14-20-31-52;/h13-45,47H,1-12H3;/q-2;. The Bertz CT molecular complexity index is 3970. The number of hydrogen-bond acceptors (Lipinski definition) is 2. The van der Waals surface area contributed by atoms with Crippen LogP contribution in [0, 0.1) is 18.5 Å². The van der Waals surface area contributed by atoms with Gasteiger partial charge in [0.05, 0.1) is 17.1 Å². The predicted octanol–water partition coefficient (Wildman–Crippen LogP) is 17.7. The van der Waals surface area contributed by atoms with Crippen molar-refractivity contribution in [3.05, 3.63) is 270 Å². The molecule has 79 heavy (non-hydrogen) atoms. The molecule has 5 nitrogen and oxygen atoms in total. The van der Waals surface area contributed by atoms with E-state index in [9.17, 15) is 0 Å². The Balaban J connectivity index is 0.00000704. The summed E-state index contributed by atoms with van der Waals surface area (Å²) in [7, 11) is 0. The number of nitrogens with zero attached hydrogens (tertiary/aromatic N) is 4. The van der Waals surface area contributed by atoms with Crippen LogP contribution in [-0.2, 0) is 48.1 Å². The predicted molar refractivity (Wildman–Crippen MR) is 321 cm³/mol. The summed E-state index contributed by atoms with van der Waals surface area (Å²) in [5.41, 5.74) is 13.7. The van der Waals surface area contributed by atoms with Crippen molar-refractivity contribution in [3.8, 4) is 39.8 Å². The number of fused-ring (bicyclic) bond motifs is 3. The number of rotatable bonds is 12. The average molecular weight is 1210 g/mol. The molecule has 0 fully saturated rings. The molecular weight excluding hydrogens is 1140 g/mol. The van der Waals surface area contributed by atoms with Crippen LogP contribution in [0.3, 0.4) is 0 Å². The number of benzene rings is 8. The molecule has 0 saturated carbocycles. The van der Waals surface area contributed by atoms with Crippen molar-refractivity contribution >= 4 is 21.8 Å². The van der Waals surface area contributed by atoms with E-state index in [-0.39, 0.29) is 37.3 Å². The maximum absolute atomic E-state index is 7.10. The van der Waals surface area contributed by atoms with Crippen molar-refractivity contribution < 1.29 is 30.4 Å². The average Bonchev–Trinajstić information content (AvgIpc) is 3.83. The minimum atomic E-state index is -0.551. The third-order valence-electron chi connectivity index (χ3n) is 16.1. The van der Waals surface area contributed by atoms with E-state index in [4.69, 9.17) is 9.72 Å². The fourth-order valence-electron chi connectivity index (χ4n) is 11.5. The molecule has 400 valence electrons. The van der Waals surface area contributed by atoms with E-state index in [2.05, 4.69) is 309 Å². The first-order chi connectivity index (χ1) is 37.2. The summed E-state index contributed by atoms with van der Waals surface area (Å²) in [5.74, 6) is 2.02. The molecule has 0 bridgehead atoms. The van der Waals surface area contributed by atoms with Crippen LogP contribution >= 0.6 is 0 Å². The smallest absolute Gasteiger partial charge is 0.267 e. The second-order valence-electron chi connectivity index (χ2n) is 24.6. The molecule has 0 amide bonds. The number of aromatic nitrogens is 4. The molecule has 11 rings (SSSR count). The zero-order chi connectivity index (χ0) is 54.8. The van der Waals surface area contributed by atoms with Gasteiger partial charge >= 0.3 is 0 Å². The number of pyridine rings is 1. The van der Waals surface area contributed by atoms with Crippen LogP contribution in [0.5, 0.6) is 11.5 Å². The zero-order valence-electron chi connectivity index (χ0n) is 47.6. The van der Waals surface area contributed by atoms with E-state index < -0.39 is 10.8 Å². The Kier molecular flexibility index (Phi) is 14.5. The third kappa shape index (κ3) is 10.2. The maximum atomic E-state index is 7.10. The summed E-state index contributed by atoms with van der Waals surface area (Å²) >= 11 is 0. The minimum Gasteiger partial charge on any atom is -0.510 e. The first kappa shape index (κ1) is 54.8. The molecule has 0 atom stereocenters. The van der Waals surface area contributed by atoms with Crippen LogP contribution in [-0.4, -0.2) is 14.1 Å². The fraction of sp³-hybridized carbons (Fsp3) is 0.233. The summed E-state index contributed by atoms with van der Waals surface area (Å²) in [5, 5.41) is 2.30. The van der Waals surface area contributed by atoms with Crippen molar-refractivity contribution in [1.82, 2.24) is 14.1 Å². The van der Waals surface area contributed by atoms with Crippen LogP contribution in [0.1, 0.15) is 128 Å². The van der Waals surface area contributed by atoms with Gasteiger partial charge < -0.3 is 13.9 Å². The number of imidazole rings is 1.